The van der Waals surface area contributed by atoms with Crippen molar-refractivity contribution in [3.63, 3.8) is 0 Å². The SMILES string of the molecule is CC[C@H](C)NC(=O)[C@@H](Cc1ccccc1)N(Cc1ccccc1F)C(=O)Cc1ccccc1. The summed E-state index contributed by atoms with van der Waals surface area (Å²) in [6.45, 7) is 3.95. The van der Waals surface area contributed by atoms with E-state index in [0.29, 0.717) is 12.0 Å². The van der Waals surface area contributed by atoms with Crippen molar-refractivity contribution >= 4 is 11.8 Å². The normalized spacial score (nSPS) is 12.6. The smallest absolute Gasteiger partial charge is 0.243 e. The fourth-order valence-electron chi connectivity index (χ4n) is 3.68. The van der Waals surface area contributed by atoms with Crippen LogP contribution < -0.4 is 5.32 Å². The van der Waals surface area contributed by atoms with Crippen LogP contribution in [0.1, 0.15) is 37.0 Å². The molecule has 0 fully saturated rings. The lowest BCUT2D eigenvalue weighted by atomic mass is 10.0. The van der Waals surface area contributed by atoms with Crippen molar-refractivity contribution in [3.8, 4) is 0 Å². The second kappa shape index (κ2) is 12.0. The summed E-state index contributed by atoms with van der Waals surface area (Å²) in [7, 11) is 0. The Balaban J connectivity index is 1.97. The molecule has 1 N–H and O–H groups in total. The first-order chi connectivity index (χ1) is 16.0. The van der Waals surface area contributed by atoms with E-state index in [4.69, 9.17) is 0 Å². The molecular weight excluding hydrogens is 415 g/mol. The fourth-order valence-corrected chi connectivity index (χ4v) is 3.68. The van der Waals surface area contributed by atoms with E-state index in [1.54, 1.807) is 18.2 Å². The van der Waals surface area contributed by atoms with E-state index in [1.807, 2.05) is 74.5 Å². The molecule has 0 saturated heterocycles. The molecular formula is C28H31FN2O2. The summed E-state index contributed by atoms with van der Waals surface area (Å²) in [5, 5.41) is 3.02. The second-order valence-electron chi connectivity index (χ2n) is 8.30. The summed E-state index contributed by atoms with van der Waals surface area (Å²) in [5.41, 5.74) is 2.17. The first-order valence-corrected chi connectivity index (χ1v) is 11.4. The van der Waals surface area contributed by atoms with Crippen molar-refractivity contribution in [2.24, 2.45) is 0 Å². The van der Waals surface area contributed by atoms with E-state index in [2.05, 4.69) is 5.32 Å². The summed E-state index contributed by atoms with van der Waals surface area (Å²) < 4.78 is 14.6. The van der Waals surface area contributed by atoms with Crippen LogP contribution >= 0.6 is 0 Å². The largest absolute Gasteiger partial charge is 0.352 e. The van der Waals surface area contributed by atoms with Crippen LogP contribution in [0, 0.1) is 5.82 Å². The summed E-state index contributed by atoms with van der Waals surface area (Å²) in [6.07, 6.45) is 1.25. The third-order valence-electron chi connectivity index (χ3n) is 5.77. The highest BCUT2D eigenvalue weighted by Crippen LogP contribution is 2.18. The minimum absolute atomic E-state index is 0.0176. The molecule has 2 amide bonds. The average molecular weight is 447 g/mol. The number of carbonyl (C=O) groups excluding carboxylic acids is 2. The van der Waals surface area contributed by atoms with Crippen LogP contribution in [0.4, 0.5) is 4.39 Å². The molecule has 33 heavy (non-hydrogen) atoms. The van der Waals surface area contributed by atoms with Crippen molar-refractivity contribution in [1.29, 1.82) is 0 Å². The minimum atomic E-state index is -0.766. The molecule has 2 atom stereocenters. The topological polar surface area (TPSA) is 49.4 Å². The highest BCUT2D eigenvalue weighted by molar-refractivity contribution is 5.89. The molecule has 3 aromatic rings. The predicted molar refractivity (Wildman–Crippen MR) is 129 cm³/mol. The number of hydrogen-bond acceptors (Lipinski definition) is 2. The lowest BCUT2D eigenvalue weighted by Gasteiger charge is -2.32. The number of carbonyl (C=O) groups is 2. The van der Waals surface area contributed by atoms with Gasteiger partial charge in [0.05, 0.1) is 6.42 Å². The molecule has 0 aliphatic heterocycles. The van der Waals surface area contributed by atoms with Gasteiger partial charge < -0.3 is 10.2 Å². The van der Waals surface area contributed by atoms with Gasteiger partial charge in [-0.1, -0.05) is 85.8 Å². The first-order valence-electron chi connectivity index (χ1n) is 11.4. The molecule has 0 aliphatic rings. The zero-order valence-corrected chi connectivity index (χ0v) is 19.2. The maximum atomic E-state index is 14.6. The van der Waals surface area contributed by atoms with Crippen LogP contribution in [-0.2, 0) is 29.0 Å². The Morgan fingerprint density at radius 2 is 1.45 bits per heavy atom. The number of nitrogens with one attached hydrogen (secondary N) is 1. The molecule has 0 spiro atoms. The van der Waals surface area contributed by atoms with E-state index in [0.717, 1.165) is 17.5 Å². The number of hydrogen-bond donors (Lipinski definition) is 1. The van der Waals surface area contributed by atoms with E-state index in [-0.39, 0.29) is 30.8 Å². The average Bonchev–Trinajstić information content (AvgIpc) is 2.83. The van der Waals surface area contributed by atoms with Gasteiger partial charge in [-0.2, -0.15) is 0 Å². The van der Waals surface area contributed by atoms with Crippen LogP contribution in [0.3, 0.4) is 0 Å². The third kappa shape index (κ3) is 7.01. The number of amides is 2. The fraction of sp³-hybridized carbons (Fsp3) is 0.286. The summed E-state index contributed by atoms with van der Waals surface area (Å²) in [6, 6.07) is 24.6. The quantitative estimate of drug-likeness (QED) is 0.480. The van der Waals surface area contributed by atoms with Crippen molar-refractivity contribution in [3.05, 3.63) is 107 Å². The summed E-state index contributed by atoms with van der Waals surface area (Å²) >= 11 is 0. The minimum Gasteiger partial charge on any atom is -0.352 e. The van der Waals surface area contributed by atoms with Crippen LogP contribution in [0.25, 0.3) is 0 Å². The van der Waals surface area contributed by atoms with E-state index in [1.165, 1.54) is 11.0 Å². The van der Waals surface area contributed by atoms with Crippen molar-refractivity contribution in [2.45, 2.75) is 51.7 Å². The molecule has 0 bridgehead atoms. The Kier molecular flexibility index (Phi) is 8.76. The number of rotatable bonds is 10. The molecule has 0 radical (unpaired) electrons. The van der Waals surface area contributed by atoms with E-state index >= 15 is 0 Å². The molecule has 0 aliphatic carbocycles. The number of nitrogens with zero attached hydrogens (tertiary/aromatic N) is 1. The maximum Gasteiger partial charge on any atom is 0.243 e. The predicted octanol–water partition coefficient (Wildman–Crippen LogP) is 4.92. The van der Waals surface area contributed by atoms with Gasteiger partial charge in [-0.05, 0) is 30.5 Å². The standard InChI is InChI=1S/C28H31FN2O2/c1-3-21(2)30-28(33)26(18-22-12-6-4-7-13-22)31(20-24-16-10-11-17-25(24)29)27(32)19-23-14-8-5-9-15-23/h4-17,21,26H,3,18-20H2,1-2H3,(H,30,33)/t21-,26+/m0/s1. The molecule has 0 aromatic heterocycles. The Morgan fingerprint density at radius 1 is 0.879 bits per heavy atom. The Bertz CT molecular complexity index is 1040. The van der Waals surface area contributed by atoms with Crippen LogP contribution in [-0.4, -0.2) is 28.8 Å². The van der Waals surface area contributed by atoms with Crippen LogP contribution in [0.15, 0.2) is 84.9 Å². The van der Waals surface area contributed by atoms with Crippen molar-refractivity contribution in [2.75, 3.05) is 0 Å². The van der Waals surface area contributed by atoms with E-state index in [9.17, 15) is 14.0 Å². The van der Waals surface area contributed by atoms with Gasteiger partial charge in [0, 0.05) is 24.6 Å². The van der Waals surface area contributed by atoms with Gasteiger partial charge in [-0.3, -0.25) is 9.59 Å². The molecule has 4 nitrogen and oxygen atoms in total. The highest BCUT2D eigenvalue weighted by atomic mass is 19.1. The van der Waals surface area contributed by atoms with Gasteiger partial charge in [-0.25, -0.2) is 4.39 Å². The Hall–Kier alpha value is -3.47. The Labute approximate surface area is 195 Å². The summed E-state index contributed by atoms with van der Waals surface area (Å²) in [4.78, 5) is 28.5. The van der Waals surface area contributed by atoms with Gasteiger partial charge >= 0.3 is 0 Å². The summed E-state index contributed by atoms with van der Waals surface area (Å²) in [5.74, 6) is -0.841. The number of benzene rings is 3. The molecule has 0 saturated carbocycles. The monoisotopic (exact) mass is 446 g/mol. The van der Waals surface area contributed by atoms with Crippen LogP contribution in [0.5, 0.6) is 0 Å². The zero-order chi connectivity index (χ0) is 23.6. The maximum absolute atomic E-state index is 14.6. The first kappa shape index (κ1) is 24.2. The van der Waals surface area contributed by atoms with E-state index < -0.39 is 11.9 Å². The third-order valence-corrected chi connectivity index (χ3v) is 5.77. The lowest BCUT2D eigenvalue weighted by Crippen LogP contribution is -2.52. The lowest BCUT2D eigenvalue weighted by molar-refractivity contribution is -0.141. The van der Waals surface area contributed by atoms with Crippen LogP contribution in [0.2, 0.25) is 0 Å². The van der Waals surface area contributed by atoms with Gasteiger partial charge in [0.1, 0.15) is 11.9 Å². The molecule has 3 aromatic carbocycles. The molecule has 0 unspecified atom stereocenters. The van der Waals surface area contributed by atoms with Crippen molar-refractivity contribution < 1.29 is 14.0 Å². The molecule has 172 valence electrons. The molecule has 3 rings (SSSR count). The molecule has 0 heterocycles. The molecule has 5 heteroatoms. The second-order valence-corrected chi connectivity index (χ2v) is 8.30. The van der Waals surface area contributed by atoms with Gasteiger partial charge in [0.25, 0.3) is 0 Å². The number of halogens is 1. The zero-order valence-electron chi connectivity index (χ0n) is 19.2. The van der Waals surface area contributed by atoms with Gasteiger partial charge in [0.15, 0.2) is 0 Å². The van der Waals surface area contributed by atoms with Gasteiger partial charge in [-0.15, -0.1) is 0 Å². The Morgan fingerprint density at radius 3 is 2.06 bits per heavy atom. The van der Waals surface area contributed by atoms with Crippen molar-refractivity contribution in [1.82, 2.24) is 10.2 Å². The highest BCUT2D eigenvalue weighted by Gasteiger charge is 2.31. The van der Waals surface area contributed by atoms with Gasteiger partial charge in [0.2, 0.25) is 11.8 Å².